The molecule has 0 aliphatic heterocycles. The first-order valence-electron chi connectivity index (χ1n) is 4.25. The summed E-state index contributed by atoms with van der Waals surface area (Å²) < 4.78 is 0. The van der Waals surface area contributed by atoms with E-state index in [1.807, 2.05) is 30.3 Å². The second-order valence-corrected chi connectivity index (χ2v) is 3.53. The van der Waals surface area contributed by atoms with Crippen molar-refractivity contribution >= 4 is 49.6 Å². The van der Waals surface area contributed by atoms with Crippen LogP contribution < -0.4 is 0 Å². The maximum absolute atomic E-state index is 11.4. The molecule has 0 unspecified atom stereocenters. The number of carbonyl (C=O) groups excluding carboxylic acids is 1. The van der Waals surface area contributed by atoms with Crippen molar-refractivity contribution < 1.29 is 4.79 Å². The second-order valence-electron chi connectivity index (χ2n) is 2.97. The van der Waals surface area contributed by atoms with Gasteiger partial charge in [0.2, 0.25) is 0 Å². The first-order valence-corrected chi connectivity index (χ1v) is 5.37. The molecule has 0 bridgehead atoms. The number of hydrogen-bond donors (Lipinski definition) is 0. The highest BCUT2D eigenvalue weighted by molar-refractivity contribution is 9.09. The fraction of sp³-hybridized carbons (Fsp3) is 0.0909. The van der Waals surface area contributed by atoms with Gasteiger partial charge in [0.05, 0.1) is 10.8 Å². The van der Waals surface area contributed by atoms with Crippen molar-refractivity contribution in [3.63, 3.8) is 0 Å². The zero-order valence-electron chi connectivity index (χ0n) is 7.81. The minimum absolute atomic E-state index is 0. The van der Waals surface area contributed by atoms with Gasteiger partial charge in [-0.3, -0.25) is 9.78 Å². The van der Waals surface area contributed by atoms with E-state index in [1.165, 1.54) is 0 Å². The molecule has 2 nitrogen and oxygen atoms in total. The van der Waals surface area contributed by atoms with Crippen LogP contribution in [0.3, 0.4) is 0 Å². The summed E-state index contributed by atoms with van der Waals surface area (Å²) in [5.74, 6) is 0.0811. The number of benzene rings is 1. The molecular formula is C11H9Br2NO. The number of nitrogens with zero attached hydrogens (tertiary/aromatic N) is 1. The number of rotatable bonds is 2. The van der Waals surface area contributed by atoms with E-state index in [2.05, 4.69) is 20.9 Å². The number of pyridine rings is 1. The minimum Gasteiger partial charge on any atom is -0.293 e. The third kappa shape index (κ3) is 2.63. The van der Waals surface area contributed by atoms with Crippen LogP contribution in [0.5, 0.6) is 0 Å². The van der Waals surface area contributed by atoms with E-state index >= 15 is 0 Å². The van der Waals surface area contributed by atoms with Gasteiger partial charge in [-0.1, -0.05) is 34.1 Å². The van der Waals surface area contributed by atoms with E-state index in [1.54, 1.807) is 6.20 Å². The van der Waals surface area contributed by atoms with Crippen LogP contribution in [-0.4, -0.2) is 16.1 Å². The summed E-state index contributed by atoms with van der Waals surface area (Å²) in [5.41, 5.74) is 1.56. The van der Waals surface area contributed by atoms with Crippen molar-refractivity contribution in [1.29, 1.82) is 0 Å². The summed E-state index contributed by atoms with van der Waals surface area (Å²) in [6, 6.07) is 9.42. The van der Waals surface area contributed by atoms with Crippen LogP contribution in [0.4, 0.5) is 0 Å². The van der Waals surface area contributed by atoms with Gasteiger partial charge in [-0.15, -0.1) is 17.0 Å². The summed E-state index contributed by atoms with van der Waals surface area (Å²) in [6.45, 7) is 0. The van der Waals surface area contributed by atoms with Crippen molar-refractivity contribution in [3.8, 4) is 0 Å². The summed E-state index contributed by atoms with van der Waals surface area (Å²) in [7, 11) is 0. The molecule has 0 aliphatic rings. The Morgan fingerprint density at radius 1 is 1.33 bits per heavy atom. The molecule has 2 aromatic rings. The van der Waals surface area contributed by atoms with Gasteiger partial charge in [0.1, 0.15) is 0 Å². The maximum Gasteiger partial charge on any atom is 0.173 e. The smallest absolute Gasteiger partial charge is 0.173 e. The van der Waals surface area contributed by atoms with Crippen LogP contribution in [0.25, 0.3) is 10.9 Å². The molecule has 0 amide bonds. The normalized spacial score (nSPS) is 9.67. The molecule has 0 saturated carbocycles. The van der Waals surface area contributed by atoms with Crippen LogP contribution >= 0.6 is 32.9 Å². The van der Waals surface area contributed by atoms with Gasteiger partial charge < -0.3 is 0 Å². The van der Waals surface area contributed by atoms with Crippen molar-refractivity contribution in [2.75, 3.05) is 5.33 Å². The molecule has 4 heteroatoms. The van der Waals surface area contributed by atoms with Gasteiger partial charge in [-0.2, -0.15) is 0 Å². The van der Waals surface area contributed by atoms with Gasteiger partial charge in [0.15, 0.2) is 5.78 Å². The molecule has 15 heavy (non-hydrogen) atoms. The Morgan fingerprint density at radius 3 is 2.87 bits per heavy atom. The van der Waals surface area contributed by atoms with Crippen molar-refractivity contribution in [2.24, 2.45) is 0 Å². The summed E-state index contributed by atoms with van der Waals surface area (Å²) in [6.07, 6.45) is 1.73. The standard InChI is InChI=1S/C11H8BrNO.BrH/c12-7-11(14)9-4-3-8-2-1-5-13-10(8)6-9;/h1-6H,7H2;1H. The first kappa shape index (κ1) is 12.3. The number of halogens is 2. The lowest BCUT2D eigenvalue weighted by atomic mass is 10.1. The molecule has 1 aromatic carbocycles. The minimum atomic E-state index is 0. The summed E-state index contributed by atoms with van der Waals surface area (Å²) in [4.78, 5) is 15.6. The Balaban J connectivity index is 0.00000112. The predicted octanol–water partition coefficient (Wildman–Crippen LogP) is 3.39. The average molecular weight is 331 g/mol. The number of aromatic nitrogens is 1. The largest absolute Gasteiger partial charge is 0.293 e. The molecule has 0 saturated heterocycles. The van der Waals surface area contributed by atoms with Gasteiger partial charge in [0.25, 0.3) is 0 Å². The zero-order valence-corrected chi connectivity index (χ0v) is 11.1. The number of Topliss-reactive ketones (excluding diaryl/α,β-unsaturated/α-hetero) is 1. The van der Waals surface area contributed by atoms with Gasteiger partial charge in [-0.25, -0.2) is 0 Å². The fourth-order valence-corrected chi connectivity index (χ4v) is 1.64. The van der Waals surface area contributed by atoms with E-state index in [0.717, 1.165) is 10.9 Å². The van der Waals surface area contributed by atoms with Crippen molar-refractivity contribution in [3.05, 3.63) is 42.1 Å². The quantitative estimate of drug-likeness (QED) is 0.624. The molecule has 0 fully saturated rings. The second kappa shape index (κ2) is 5.37. The molecule has 0 atom stereocenters. The van der Waals surface area contributed by atoms with E-state index in [4.69, 9.17) is 0 Å². The Bertz CT molecular complexity index is 485. The number of hydrogen-bond acceptors (Lipinski definition) is 2. The van der Waals surface area contributed by atoms with Crippen molar-refractivity contribution in [1.82, 2.24) is 4.98 Å². The monoisotopic (exact) mass is 329 g/mol. The predicted molar refractivity (Wildman–Crippen MR) is 70.2 cm³/mol. The lowest BCUT2D eigenvalue weighted by Gasteiger charge is -1.99. The highest BCUT2D eigenvalue weighted by Gasteiger charge is 2.04. The average Bonchev–Trinajstić information content (AvgIpc) is 2.27. The van der Waals surface area contributed by atoms with E-state index in [-0.39, 0.29) is 22.8 Å². The van der Waals surface area contributed by atoms with Crippen molar-refractivity contribution in [2.45, 2.75) is 0 Å². The molecule has 78 valence electrons. The lowest BCUT2D eigenvalue weighted by molar-refractivity contribution is 0.102. The van der Waals surface area contributed by atoms with Gasteiger partial charge >= 0.3 is 0 Å². The van der Waals surface area contributed by atoms with Crippen LogP contribution in [0.2, 0.25) is 0 Å². The van der Waals surface area contributed by atoms with Crippen LogP contribution in [-0.2, 0) is 0 Å². The summed E-state index contributed by atoms with van der Waals surface area (Å²) >= 11 is 3.15. The highest BCUT2D eigenvalue weighted by atomic mass is 79.9. The number of alkyl halides is 1. The molecule has 1 heterocycles. The molecular weight excluding hydrogens is 322 g/mol. The number of fused-ring (bicyclic) bond motifs is 1. The van der Waals surface area contributed by atoms with Crippen LogP contribution in [0.15, 0.2) is 36.5 Å². The van der Waals surface area contributed by atoms with Gasteiger partial charge in [0, 0.05) is 17.1 Å². The topological polar surface area (TPSA) is 30.0 Å². The Hall–Kier alpha value is -0.740. The van der Waals surface area contributed by atoms with Crippen LogP contribution in [0, 0.1) is 0 Å². The Morgan fingerprint density at radius 2 is 2.13 bits per heavy atom. The lowest BCUT2D eigenvalue weighted by Crippen LogP contribution is -1.99. The van der Waals surface area contributed by atoms with E-state index in [0.29, 0.717) is 10.9 Å². The SMILES string of the molecule is Br.O=C(CBr)c1ccc2cccnc2c1. The molecule has 0 aliphatic carbocycles. The maximum atomic E-state index is 11.4. The van der Waals surface area contributed by atoms with Crippen LogP contribution in [0.1, 0.15) is 10.4 Å². The number of ketones is 1. The zero-order chi connectivity index (χ0) is 9.97. The Labute approximate surface area is 107 Å². The van der Waals surface area contributed by atoms with E-state index in [9.17, 15) is 4.79 Å². The summed E-state index contributed by atoms with van der Waals surface area (Å²) in [5, 5.41) is 1.41. The molecule has 0 N–H and O–H groups in total. The third-order valence-electron chi connectivity index (χ3n) is 2.05. The Kier molecular flexibility index (Phi) is 4.42. The van der Waals surface area contributed by atoms with Gasteiger partial charge in [-0.05, 0) is 12.1 Å². The first-order chi connectivity index (χ1) is 6.81. The molecule has 0 spiro atoms. The fourth-order valence-electron chi connectivity index (χ4n) is 1.32. The molecule has 0 radical (unpaired) electrons. The third-order valence-corrected chi connectivity index (χ3v) is 2.56. The number of carbonyl (C=O) groups is 1. The molecule has 2 rings (SSSR count). The van der Waals surface area contributed by atoms with E-state index < -0.39 is 0 Å². The highest BCUT2D eigenvalue weighted by Crippen LogP contribution is 2.13. The molecule has 1 aromatic heterocycles.